The van der Waals surface area contributed by atoms with Gasteiger partial charge in [0.1, 0.15) is 5.65 Å². The van der Waals surface area contributed by atoms with Gasteiger partial charge in [-0.15, -0.1) is 0 Å². The van der Waals surface area contributed by atoms with E-state index in [4.69, 9.17) is 14.4 Å². The molecule has 116 valence electrons. The van der Waals surface area contributed by atoms with Gasteiger partial charge in [-0.25, -0.2) is 9.78 Å². The normalized spacial score (nSPS) is 19.8. The molecule has 0 saturated carbocycles. The monoisotopic (exact) mass is 302 g/mol. The molecule has 0 amide bonds. The predicted molar refractivity (Wildman–Crippen MR) is 82.6 cm³/mol. The molecule has 3 rings (SSSR count). The van der Waals surface area contributed by atoms with E-state index in [0.717, 1.165) is 11.0 Å². The van der Waals surface area contributed by atoms with Crippen molar-refractivity contribution in [2.45, 2.75) is 45.8 Å². The average Bonchev–Trinajstić information content (AvgIpc) is 2.87. The molecule has 3 heterocycles. The van der Waals surface area contributed by atoms with Crippen molar-refractivity contribution in [2.75, 3.05) is 0 Å². The Kier molecular flexibility index (Phi) is 3.13. The summed E-state index contributed by atoms with van der Waals surface area (Å²) >= 11 is 0. The summed E-state index contributed by atoms with van der Waals surface area (Å²) in [7, 11) is -0.573. The Morgan fingerprint density at radius 3 is 2.36 bits per heavy atom. The van der Waals surface area contributed by atoms with Gasteiger partial charge >= 0.3 is 13.1 Å². The highest BCUT2D eigenvalue weighted by molar-refractivity contribution is 6.64. The highest BCUT2D eigenvalue weighted by Gasteiger charge is 2.52. The molecule has 0 atom stereocenters. The molecule has 0 spiro atoms. The zero-order valence-electron chi connectivity index (χ0n) is 13.4. The second-order valence-electron chi connectivity index (χ2n) is 6.72. The maximum Gasteiger partial charge on any atom is 0.498 e. The fraction of sp³-hybridized carbons (Fsp3) is 0.467. The largest absolute Gasteiger partial charge is 0.498 e. The lowest BCUT2D eigenvalue weighted by atomic mass is 9.79. The van der Waals surface area contributed by atoms with Crippen LogP contribution in [0.5, 0.6) is 0 Å². The molecule has 1 aliphatic rings. The van der Waals surface area contributed by atoms with Crippen LogP contribution in [0.4, 0.5) is 0 Å². The number of aromatic nitrogens is 2. The van der Waals surface area contributed by atoms with Crippen LogP contribution >= 0.6 is 0 Å². The van der Waals surface area contributed by atoms with Crippen molar-refractivity contribution in [1.82, 2.24) is 9.38 Å². The Balaban J connectivity index is 2.13. The van der Waals surface area contributed by atoms with Gasteiger partial charge in [-0.05, 0) is 40.2 Å². The van der Waals surface area contributed by atoms with Crippen LogP contribution < -0.4 is 5.46 Å². The van der Waals surface area contributed by atoms with Gasteiger partial charge < -0.3 is 18.8 Å². The van der Waals surface area contributed by atoms with Crippen LogP contribution in [0.25, 0.3) is 5.65 Å². The highest BCUT2D eigenvalue weighted by atomic mass is 16.7. The van der Waals surface area contributed by atoms with Gasteiger partial charge in [-0.2, -0.15) is 0 Å². The minimum Gasteiger partial charge on any atom is -0.476 e. The predicted octanol–water partition coefficient (Wildman–Crippen LogP) is 1.64. The third kappa shape index (κ3) is 2.21. The van der Waals surface area contributed by atoms with Gasteiger partial charge in [0, 0.05) is 17.9 Å². The second-order valence-corrected chi connectivity index (χ2v) is 6.72. The van der Waals surface area contributed by atoms with Crippen LogP contribution in [0, 0.1) is 6.92 Å². The van der Waals surface area contributed by atoms with E-state index in [-0.39, 0.29) is 5.69 Å². The Morgan fingerprint density at radius 2 is 1.82 bits per heavy atom. The Bertz CT molecular complexity index is 750. The molecule has 0 aromatic carbocycles. The summed E-state index contributed by atoms with van der Waals surface area (Å²) in [6.45, 7) is 9.86. The van der Waals surface area contributed by atoms with E-state index in [9.17, 15) is 4.79 Å². The molecule has 7 heteroatoms. The Labute approximate surface area is 129 Å². The lowest BCUT2D eigenvalue weighted by Crippen LogP contribution is -2.41. The smallest absolute Gasteiger partial charge is 0.476 e. The molecule has 1 N–H and O–H groups in total. The topological polar surface area (TPSA) is 73.1 Å². The number of fused-ring (bicyclic) bond motifs is 1. The maximum atomic E-state index is 11.2. The molecule has 0 unspecified atom stereocenters. The van der Waals surface area contributed by atoms with E-state index < -0.39 is 24.3 Å². The number of pyridine rings is 1. The summed E-state index contributed by atoms with van der Waals surface area (Å²) in [6.07, 6.45) is 3.34. The zero-order valence-corrected chi connectivity index (χ0v) is 13.4. The summed E-state index contributed by atoms with van der Waals surface area (Å²) in [4.78, 5) is 15.4. The number of aromatic carboxylic acids is 1. The molecule has 6 nitrogen and oxygen atoms in total. The Morgan fingerprint density at radius 1 is 1.23 bits per heavy atom. The van der Waals surface area contributed by atoms with Crippen molar-refractivity contribution in [3.8, 4) is 0 Å². The lowest BCUT2D eigenvalue weighted by Gasteiger charge is -2.32. The summed E-state index contributed by atoms with van der Waals surface area (Å²) in [5.74, 6) is -1.05. The molecule has 1 aliphatic heterocycles. The van der Waals surface area contributed by atoms with Gasteiger partial charge in [0.25, 0.3) is 0 Å². The number of rotatable bonds is 2. The summed E-state index contributed by atoms with van der Waals surface area (Å²) in [5.41, 5.74) is 1.35. The van der Waals surface area contributed by atoms with Crippen LogP contribution in [-0.2, 0) is 9.31 Å². The first-order valence-electron chi connectivity index (χ1n) is 7.19. The first-order chi connectivity index (χ1) is 10.1. The van der Waals surface area contributed by atoms with Gasteiger partial charge in [0.15, 0.2) is 5.69 Å². The van der Waals surface area contributed by atoms with Crippen molar-refractivity contribution in [2.24, 2.45) is 0 Å². The first kappa shape index (κ1) is 15.1. The summed E-state index contributed by atoms with van der Waals surface area (Å²) in [6, 6.07) is 1.93. The number of imidazole rings is 1. The SMILES string of the molecule is Cc1cc(B2OC(C)(C)C(C)(C)O2)c2nc(C(=O)O)cn2c1. The number of aryl methyl sites for hydroxylation is 1. The molecule has 2 aromatic heterocycles. The van der Waals surface area contributed by atoms with Crippen LogP contribution in [-0.4, -0.2) is 38.8 Å². The number of carboxylic acids is 1. The van der Waals surface area contributed by atoms with Crippen LogP contribution in [0.3, 0.4) is 0 Å². The van der Waals surface area contributed by atoms with Crippen molar-refractivity contribution in [1.29, 1.82) is 0 Å². The fourth-order valence-corrected chi connectivity index (χ4v) is 2.52. The van der Waals surface area contributed by atoms with Gasteiger partial charge in [-0.3, -0.25) is 0 Å². The number of carbonyl (C=O) groups is 1. The van der Waals surface area contributed by atoms with Gasteiger partial charge in [-0.1, -0.05) is 6.07 Å². The average molecular weight is 302 g/mol. The lowest BCUT2D eigenvalue weighted by molar-refractivity contribution is 0.00578. The van der Waals surface area contributed by atoms with E-state index in [2.05, 4.69) is 4.98 Å². The quantitative estimate of drug-likeness (QED) is 0.854. The molecule has 1 fully saturated rings. The molecule has 0 radical (unpaired) electrons. The van der Waals surface area contributed by atoms with E-state index in [1.54, 1.807) is 4.40 Å². The van der Waals surface area contributed by atoms with E-state index in [0.29, 0.717) is 5.65 Å². The molecular formula is C15H19BN2O4. The molecule has 0 bridgehead atoms. The molecule has 1 saturated heterocycles. The standard InChI is InChI=1S/C15H19BN2O4/c1-9-6-10(16-21-14(2,3)15(4,5)22-16)12-17-11(13(19)20)8-18(12)7-9/h6-8H,1-5H3,(H,19,20). The van der Waals surface area contributed by atoms with E-state index in [1.807, 2.05) is 46.9 Å². The number of hydrogen-bond donors (Lipinski definition) is 1. The van der Waals surface area contributed by atoms with Crippen LogP contribution in [0.2, 0.25) is 0 Å². The number of carboxylic acid groups (broad SMARTS) is 1. The minimum absolute atomic E-state index is 0.00312. The van der Waals surface area contributed by atoms with E-state index >= 15 is 0 Å². The summed E-state index contributed by atoms with van der Waals surface area (Å²) < 4.78 is 13.8. The zero-order chi connectivity index (χ0) is 16.3. The van der Waals surface area contributed by atoms with Crippen LogP contribution in [0.1, 0.15) is 43.7 Å². The first-order valence-corrected chi connectivity index (χ1v) is 7.19. The van der Waals surface area contributed by atoms with Crippen molar-refractivity contribution in [3.63, 3.8) is 0 Å². The van der Waals surface area contributed by atoms with Crippen LogP contribution in [0.15, 0.2) is 18.5 Å². The van der Waals surface area contributed by atoms with Gasteiger partial charge in [0.05, 0.1) is 11.2 Å². The molecule has 0 aliphatic carbocycles. The number of nitrogens with zero attached hydrogens (tertiary/aromatic N) is 2. The minimum atomic E-state index is -1.05. The maximum absolute atomic E-state index is 11.2. The highest BCUT2D eigenvalue weighted by Crippen LogP contribution is 2.36. The molecular weight excluding hydrogens is 283 g/mol. The van der Waals surface area contributed by atoms with Crippen molar-refractivity contribution in [3.05, 3.63) is 29.7 Å². The van der Waals surface area contributed by atoms with Crippen molar-refractivity contribution >= 4 is 24.2 Å². The fourth-order valence-electron chi connectivity index (χ4n) is 2.52. The second kappa shape index (κ2) is 4.57. The van der Waals surface area contributed by atoms with Crippen molar-refractivity contribution < 1.29 is 19.2 Å². The van der Waals surface area contributed by atoms with E-state index in [1.165, 1.54) is 6.20 Å². The third-order valence-electron chi connectivity index (χ3n) is 4.44. The number of hydrogen-bond acceptors (Lipinski definition) is 4. The Hall–Kier alpha value is -1.86. The van der Waals surface area contributed by atoms with Gasteiger partial charge in [0.2, 0.25) is 0 Å². The molecule has 2 aromatic rings. The third-order valence-corrected chi connectivity index (χ3v) is 4.44. The molecule has 22 heavy (non-hydrogen) atoms. The summed E-state index contributed by atoms with van der Waals surface area (Å²) in [5, 5.41) is 9.14.